The van der Waals surface area contributed by atoms with Gasteiger partial charge in [-0.05, 0) is 25.0 Å². The first-order valence-electron chi connectivity index (χ1n) is 5.86. The molecule has 2 atom stereocenters. The second-order valence-corrected chi connectivity index (χ2v) is 5.55. The second-order valence-electron chi connectivity index (χ2n) is 4.46. The van der Waals surface area contributed by atoms with E-state index in [0.29, 0.717) is 6.42 Å². The number of carbonyl (C=O) groups excluding carboxylic acids is 1. The normalized spacial score (nSPS) is 24.5. The Morgan fingerprint density at radius 3 is 2.88 bits per heavy atom. The highest BCUT2D eigenvalue weighted by Gasteiger charge is 2.22. The minimum Gasteiger partial charge on any atom is -0.332 e. The van der Waals surface area contributed by atoms with Gasteiger partial charge in [-0.25, -0.2) is 0 Å². The van der Waals surface area contributed by atoms with Crippen LogP contribution in [0.2, 0.25) is 0 Å². The van der Waals surface area contributed by atoms with Crippen molar-refractivity contribution in [2.75, 3.05) is 0 Å². The van der Waals surface area contributed by atoms with Crippen molar-refractivity contribution in [3.63, 3.8) is 0 Å². The standard InChI is InChI=1S/C13H18N2OS/c1-9-5-3-4-6-11(9)8-17-13-14-10(2)7-12(16)15-13/h3-6,10,13-14H,7-8H2,1-2H3,(H,15,16). The third-order valence-electron chi connectivity index (χ3n) is 2.89. The highest BCUT2D eigenvalue weighted by atomic mass is 32.2. The minimum absolute atomic E-state index is 0.0332. The highest BCUT2D eigenvalue weighted by molar-refractivity contribution is 7.99. The molecule has 0 spiro atoms. The molecule has 1 fully saturated rings. The molecule has 0 aromatic heterocycles. The van der Waals surface area contributed by atoms with E-state index >= 15 is 0 Å². The highest BCUT2D eigenvalue weighted by Crippen LogP contribution is 2.19. The molecule has 92 valence electrons. The number of rotatable bonds is 3. The van der Waals surface area contributed by atoms with Crippen LogP contribution in [0.15, 0.2) is 24.3 Å². The number of thioether (sulfide) groups is 1. The summed E-state index contributed by atoms with van der Waals surface area (Å²) in [6, 6.07) is 8.62. The molecule has 1 saturated heterocycles. The zero-order chi connectivity index (χ0) is 12.3. The van der Waals surface area contributed by atoms with Crippen molar-refractivity contribution in [2.24, 2.45) is 0 Å². The first-order valence-corrected chi connectivity index (χ1v) is 6.91. The quantitative estimate of drug-likeness (QED) is 0.862. The van der Waals surface area contributed by atoms with Gasteiger partial charge in [-0.3, -0.25) is 10.1 Å². The summed E-state index contributed by atoms with van der Waals surface area (Å²) in [6.07, 6.45) is 0.571. The van der Waals surface area contributed by atoms with E-state index in [1.54, 1.807) is 11.8 Å². The Kier molecular flexibility index (Phi) is 4.07. The van der Waals surface area contributed by atoms with E-state index in [1.165, 1.54) is 11.1 Å². The van der Waals surface area contributed by atoms with Gasteiger partial charge >= 0.3 is 0 Å². The van der Waals surface area contributed by atoms with Gasteiger partial charge < -0.3 is 5.32 Å². The van der Waals surface area contributed by atoms with E-state index in [2.05, 4.69) is 35.8 Å². The number of amides is 1. The third-order valence-corrected chi connectivity index (χ3v) is 3.95. The van der Waals surface area contributed by atoms with Crippen LogP contribution < -0.4 is 10.6 Å². The van der Waals surface area contributed by atoms with Gasteiger partial charge in [-0.1, -0.05) is 24.3 Å². The largest absolute Gasteiger partial charge is 0.332 e. The lowest BCUT2D eigenvalue weighted by molar-refractivity contribution is -0.123. The van der Waals surface area contributed by atoms with Crippen molar-refractivity contribution in [3.8, 4) is 0 Å². The number of hydrogen-bond donors (Lipinski definition) is 2. The molecule has 2 rings (SSSR count). The number of benzene rings is 1. The molecule has 1 aliphatic heterocycles. The van der Waals surface area contributed by atoms with Crippen LogP contribution in [0.4, 0.5) is 0 Å². The van der Waals surface area contributed by atoms with Crippen molar-refractivity contribution in [3.05, 3.63) is 35.4 Å². The molecule has 0 radical (unpaired) electrons. The fourth-order valence-corrected chi connectivity index (χ4v) is 3.09. The van der Waals surface area contributed by atoms with E-state index in [-0.39, 0.29) is 17.4 Å². The van der Waals surface area contributed by atoms with Crippen LogP contribution in [0.1, 0.15) is 24.5 Å². The van der Waals surface area contributed by atoms with Gasteiger partial charge in [-0.15, -0.1) is 11.8 Å². The Labute approximate surface area is 106 Å². The van der Waals surface area contributed by atoms with E-state index in [0.717, 1.165) is 5.75 Å². The van der Waals surface area contributed by atoms with E-state index < -0.39 is 0 Å². The predicted molar refractivity (Wildman–Crippen MR) is 71.6 cm³/mol. The van der Waals surface area contributed by atoms with Crippen LogP contribution in [0.25, 0.3) is 0 Å². The maximum absolute atomic E-state index is 11.4. The molecule has 1 aliphatic rings. The Hall–Kier alpha value is -1.00. The van der Waals surface area contributed by atoms with Crippen LogP contribution in [0.5, 0.6) is 0 Å². The Morgan fingerprint density at radius 1 is 1.41 bits per heavy atom. The van der Waals surface area contributed by atoms with Crippen molar-refractivity contribution >= 4 is 17.7 Å². The van der Waals surface area contributed by atoms with Gasteiger partial charge in [0.25, 0.3) is 0 Å². The van der Waals surface area contributed by atoms with Gasteiger partial charge in [0, 0.05) is 18.2 Å². The summed E-state index contributed by atoms with van der Waals surface area (Å²) >= 11 is 1.73. The van der Waals surface area contributed by atoms with Crippen molar-refractivity contribution in [1.29, 1.82) is 0 Å². The smallest absolute Gasteiger partial charge is 0.223 e. The second kappa shape index (κ2) is 5.56. The number of carbonyl (C=O) groups is 1. The Balaban J connectivity index is 1.90. The molecule has 1 aromatic carbocycles. The molecule has 1 amide bonds. The van der Waals surface area contributed by atoms with Gasteiger partial charge in [0.15, 0.2) is 0 Å². The zero-order valence-corrected chi connectivity index (χ0v) is 11.0. The summed E-state index contributed by atoms with van der Waals surface area (Å²) in [4.78, 5) is 11.4. The monoisotopic (exact) mass is 250 g/mol. The predicted octanol–water partition coefficient (Wildman–Crippen LogP) is 2.01. The van der Waals surface area contributed by atoms with E-state index in [9.17, 15) is 4.79 Å². The van der Waals surface area contributed by atoms with Gasteiger partial charge in [0.05, 0.1) is 0 Å². The molecule has 0 aliphatic carbocycles. The van der Waals surface area contributed by atoms with Gasteiger partial charge in [0.2, 0.25) is 5.91 Å². The van der Waals surface area contributed by atoms with Crippen LogP contribution >= 0.6 is 11.8 Å². The summed E-state index contributed by atoms with van der Waals surface area (Å²) in [7, 11) is 0. The maximum Gasteiger partial charge on any atom is 0.223 e. The summed E-state index contributed by atoms with van der Waals surface area (Å²) in [6.45, 7) is 4.16. The molecule has 1 aromatic rings. The van der Waals surface area contributed by atoms with E-state index in [4.69, 9.17) is 0 Å². The van der Waals surface area contributed by atoms with Crippen LogP contribution in [-0.2, 0) is 10.5 Å². The number of hydrogen-bond acceptors (Lipinski definition) is 3. The minimum atomic E-state index is 0.0332. The first kappa shape index (κ1) is 12.5. The number of nitrogens with one attached hydrogen (secondary N) is 2. The van der Waals surface area contributed by atoms with E-state index in [1.807, 2.05) is 13.0 Å². The van der Waals surface area contributed by atoms with Gasteiger partial charge in [-0.2, -0.15) is 0 Å². The molecular formula is C13H18N2OS. The summed E-state index contributed by atoms with van der Waals surface area (Å²) in [5, 5.41) is 6.32. The fourth-order valence-electron chi connectivity index (χ4n) is 1.88. The SMILES string of the molecule is Cc1ccccc1CSC1NC(=O)CC(C)N1. The number of aryl methyl sites for hydroxylation is 1. The molecule has 17 heavy (non-hydrogen) atoms. The Bertz CT molecular complexity index is 408. The molecule has 3 nitrogen and oxygen atoms in total. The summed E-state index contributed by atoms with van der Waals surface area (Å²) < 4.78 is 0. The molecule has 2 N–H and O–H groups in total. The molecular weight excluding hydrogens is 232 g/mol. The lowest BCUT2D eigenvalue weighted by atomic mass is 10.1. The molecule has 4 heteroatoms. The third kappa shape index (κ3) is 3.48. The molecule has 0 bridgehead atoms. The molecule has 0 saturated carbocycles. The molecule has 1 heterocycles. The van der Waals surface area contributed by atoms with Crippen LogP contribution in [0.3, 0.4) is 0 Å². The van der Waals surface area contributed by atoms with Crippen LogP contribution in [-0.4, -0.2) is 17.4 Å². The van der Waals surface area contributed by atoms with Crippen molar-refractivity contribution in [2.45, 2.75) is 37.6 Å². The summed E-state index contributed by atoms with van der Waals surface area (Å²) in [5.41, 5.74) is 2.66. The molecule has 2 unspecified atom stereocenters. The lowest BCUT2D eigenvalue weighted by Crippen LogP contribution is -2.53. The fraction of sp³-hybridized carbons (Fsp3) is 0.462. The average molecular weight is 250 g/mol. The average Bonchev–Trinajstić information content (AvgIpc) is 2.27. The van der Waals surface area contributed by atoms with Crippen molar-refractivity contribution < 1.29 is 4.79 Å². The first-order chi connectivity index (χ1) is 8.15. The topological polar surface area (TPSA) is 41.1 Å². The van der Waals surface area contributed by atoms with Gasteiger partial charge in [0.1, 0.15) is 5.50 Å². The maximum atomic E-state index is 11.4. The Morgan fingerprint density at radius 2 is 2.18 bits per heavy atom. The summed E-state index contributed by atoms with van der Waals surface area (Å²) in [5.74, 6) is 1.05. The lowest BCUT2D eigenvalue weighted by Gasteiger charge is -2.29. The van der Waals surface area contributed by atoms with Crippen LogP contribution in [0, 0.1) is 6.92 Å². The van der Waals surface area contributed by atoms with Crippen molar-refractivity contribution in [1.82, 2.24) is 10.6 Å². The zero-order valence-electron chi connectivity index (χ0n) is 10.2.